The van der Waals surface area contributed by atoms with E-state index in [-0.39, 0.29) is 17.2 Å². The van der Waals surface area contributed by atoms with Gasteiger partial charge < -0.3 is 14.3 Å². The number of ether oxygens (including phenoxy) is 2. The minimum absolute atomic E-state index is 0.114. The second-order valence-electron chi connectivity index (χ2n) is 9.84. The Kier molecular flexibility index (Phi) is 12.6. The Morgan fingerprint density at radius 1 is 0.714 bits per heavy atom. The van der Waals surface area contributed by atoms with Crippen LogP contribution in [0.2, 0.25) is 0 Å². The standard InChI is InChI=1S/C31H44O4/c1-5-24-31(3,26-16-20-28(34-4)21-17-26)27-18-22-29(23-19-27)35-30(33)15-13-11-9-7-6-8-10-12-14-25(2)32/h16-23H,5-15,24H2,1-4H3. The van der Waals surface area contributed by atoms with Gasteiger partial charge in [0.15, 0.2) is 0 Å². The average Bonchev–Trinajstić information content (AvgIpc) is 2.85. The zero-order valence-electron chi connectivity index (χ0n) is 22.2. The molecule has 1 unspecified atom stereocenters. The second-order valence-corrected chi connectivity index (χ2v) is 9.84. The topological polar surface area (TPSA) is 52.6 Å². The number of hydrogen-bond acceptors (Lipinski definition) is 4. The van der Waals surface area contributed by atoms with Crippen LogP contribution in [0.5, 0.6) is 11.5 Å². The van der Waals surface area contributed by atoms with Crippen molar-refractivity contribution in [2.24, 2.45) is 0 Å². The van der Waals surface area contributed by atoms with Crippen molar-refractivity contribution >= 4 is 11.8 Å². The Balaban J connectivity index is 1.76. The van der Waals surface area contributed by atoms with Crippen molar-refractivity contribution in [3.05, 3.63) is 59.7 Å². The minimum atomic E-state index is -0.159. The molecule has 0 amide bonds. The molecule has 0 aliphatic rings. The molecule has 0 N–H and O–H groups in total. The summed E-state index contributed by atoms with van der Waals surface area (Å²) in [6.07, 6.45) is 12.1. The molecular weight excluding hydrogens is 436 g/mol. The number of rotatable bonds is 17. The molecule has 0 fully saturated rings. The highest BCUT2D eigenvalue weighted by atomic mass is 16.5. The van der Waals surface area contributed by atoms with Gasteiger partial charge >= 0.3 is 5.97 Å². The SMILES string of the molecule is CCCC(C)(c1ccc(OC)cc1)c1ccc(OC(=O)CCCCCCCCCCC(C)=O)cc1. The molecule has 0 aliphatic heterocycles. The van der Waals surface area contributed by atoms with Gasteiger partial charge in [0.2, 0.25) is 0 Å². The molecule has 2 aromatic rings. The zero-order chi connectivity index (χ0) is 25.5. The first-order valence-corrected chi connectivity index (χ1v) is 13.3. The molecule has 35 heavy (non-hydrogen) atoms. The second kappa shape index (κ2) is 15.4. The Morgan fingerprint density at radius 2 is 1.17 bits per heavy atom. The highest BCUT2D eigenvalue weighted by molar-refractivity contribution is 5.75. The van der Waals surface area contributed by atoms with Crippen LogP contribution in [0.4, 0.5) is 0 Å². The highest BCUT2D eigenvalue weighted by Gasteiger charge is 2.28. The number of Topliss-reactive ketones (excluding diaryl/α,β-unsaturated/α-hetero) is 1. The zero-order valence-corrected chi connectivity index (χ0v) is 22.2. The fourth-order valence-corrected chi connectivity index (χ4v) is 4.69. The normalized spacial score (nSPS) is 12.7. The smallest absolute Gasteiger partial charge is 0.311 e. The summed E-state index contributed by atoms with van der Waals surface area (Å²) < 4.78 is 10.9. The van der Waals surface area contributed by atoms with E-state index in [1.165, 1.54) is 30.4 Å². The summed E-state index contributed by atoms with van der Waals surface area (Å²) in [5.74, 6) is 1.60. The first kappa shape index (κ1) is 28.6. The fraction of sp³-hybridized carbons (Fsp3) is 0.548. The molecule has 4 nitrogen and oxygen atoms in total. The lowest BCUT2D eigenvalue weighted by Crippen LogP contribution is -2.23. The summed E-state index contributed by atoms with van der Waals surface area (Å²) in [7, 11) is 1.68. The maximum Gasteiger partial charge on any atom is 0.311 e. The molecule has 0 heterocycles. The molecule has 0 aromatic heterocycles. The third-order valence-electron chi connectivity index (χ3n) is 6.86. The van der Waals surface area contributed by atoms with E-state index in [0.29, 0.717) is 18.6 Å². The van der Waals surface area contributed by atoms with E-state index < -0.39 is 0 Å². The van der Waals surface area contributed by atoms with Gasteiger partial charge in [-0.3, -0.25) is 4.79 Å². The van der Waals surface area contributed by atoms with Crippen LogP contribution >= 0.6 is 0 Å². The first-order chi connectivity index (χ1) is 16.9. The molecule has 2 aromatic carbocycles. The molecule has 0 saturated heterocycles. The number of esters is 1. The van der Waals surface area contributed by atoms with Crippen molar-refractivity contribution in [1.29, 1.82) is 0 Å². The van der Waals surface area contributed by atoms with Gasteiger partial charge in [0.25, 0.3) is 0 Å². The van der Waals surface area contributed by atoms with E-state index in [2.05, 4.69) is 38.1 Å². The molecule has 0 radical (unpaired) electrons. The number of unbranched alkanes of at least 4 members (excludes halogenated alkanes) is 7. The quantitative estimate of drug-likeness (QED) is 0.130. The van der Waals surface area contributed by atoms with Crippen molar-refractivity contribution in [3.8, 4) is 11.5 Å². The summed E-state index contributed by atoms with van der Waals surface area (Å²) in [6, 6.07) is 16.3. The van der Waals surface area contributed by atoms with Crippen molar-refractivity contribution < 1.29 is 19.1 Å². The lowest BCUT2D eigenvalue weighted by molar-refractivity contribution is -0.134. The summed E-state index contributed by atoms with van der Waals surface area (Å²) in [5, 5.41) is 0. The van der Waals surface area contributed by atoms with Crippen molar-refractivity contribution in [3.63, 3.8) is 0 Å². The number of benzene rings is 2. The largest absolute Gasteiger partial charge is 0.497 e. The van der Waals surface area contributed by atoms with Crippen LogP contribution in [0.25, 0.3) is 0 Å². The molecule has 0 saturated carbocycles. The van der Waals surface area contributed by atoms with Crippen molar-refractivity contribution in [2.75, 3.05) is 7.11 Å². The number of methoxy groups -OCH3 is 1. The van der Waals surface area contributed by atoms with Gasteiger partial charge in [0.05, 0.1) is 7.11 Å². The molecule has 0 spiro atoms. The lowest BCUT2D eigenvalue weighted by Gasteiger charge is -2.31. The van der Waals surface area contributed by atoms with Crippen molar-refractivity contribution in [1.82, 2.24) is 0 Å². The Bertz CT molecular complexity index is 885. The summed E-state index contributed by atoms with van der Waals surface area (Å²) in [6.45, 7) is 6.13. The van der Waals surface area contributed by atoms with Crippen LogP contribution in [0.1, 0.15) is 109 Å². The fourth-order valence-electron chi connectivity index (χ4n) is 4.69. The van der Waals surface area contributed by atoms with Gasteiger partial charge in [-0.2, -0.15) is 0 Å². The van der Waals surface area contributed by atoms with Crippen LogP contribution in [0, 0.1) is 0 Å². The summed E-state index contributed by atoms with van der Waals surface area (Å²) >= 11 is 0. The first-order valence-electron chi connectivity index (χ1n) is 13.3. The Labute approximate surface area is 212 Å². The number of carbonyl (C=O) groups excluding carboxylic acids is 2. The van der Waals surface area contributed by atoms with Crippen LogP contribution in [-0.2, 0) is 15.0 Å². The van der Waals surface area contributed by atoms with E-state index in [1.54, 1.807) is 14.0 Å². The Morgan fingerprint density at radius 3 is 1.63 bits per heavy atom. The third kappa shape index (κ3) is 9.87. The number of ketones is 1. The molecule has 0 aliphatic carbocycles. The van der Waals surface area contributed by atoms with Crippen LogP contribution in [0.15, 0.2) is 48.5 Å². The van der Waals surface area contributed by atoms with Crippen LogP contribution in [0.3, 0.4) is 0 Å². The number of hydrogen-bond donors (Lipinski definition) is 0. The predicted molar refractivity (Wildman–Crippen MR) is 143 cm³/mol. The minimum Gasteiger partial charge on any atom is -0.497 e. The van der Waals surface area contributed by atoms with Gasteiger partial charge in [-0.05, 0) is 61.6 Å². The lowest BCUT2D eigenvalue weighted by atomic mass is 9.73. The van der Waals surface area contributed by atoms with Gasteiger partial charge in [-0.1, -0.05) is 83.1 Å². The summed E-state index contributed by atoms with van der Waals surface area (Å²) in [4.78, 5) is 23.2. The average molecular weight is 481 g/mol. The van der Waals surface area contributed by atoms with Gasteiger partial charge in [-0.15, -0.1) is 0 Å². The Hall–Kier alpha value is -2.62. The maximum atomic E-state index is 12.3. The number of carbonyl (C=O) groups is 2. The van der Waals surface area contributed by atoms with E-state index >= 15 is 0 Å². The monoisotopic (exact) mass is 480 g/mol. The molecule has 2 rings (SSSR count). The molecular formula is C31H44O4. The predicted octanol–water partition coefficient (Wildman–Crippen LogP) is 8.20. The van der Waals surface area contributed by atoms with Crippen LogP contribution in [-0.4, -0.2) is 18.9 Å². The van der Waals surface area contributed by atoms with Gasteiger partial charge in [0.1, 0.15) is 17.3 Å². The van der Waals surface area contributed by atoms with E-state index in [0.717, 1.165) is 50.7 Å². The van der Waals surface area contributed by atoms with Gasteiger partial charge in [0, 0.05) is 18.3 Å². The molecule has 0 bridgehead atoms. The molecule has 4 heteroatoms. The third-order valence-corrected chi connectivity index (χ3v) is 6.86. The van der Waals surface area contributed by atoms with E-state index in [4.69, 9.17) is 9.47 Å². The summed E-state index contributed by atoms with van der Waals surface area (Å²) in [5.41, 5.74) is 2.35. The highest BCUT2D eigenvalue weighted by Crippen LogP contribution is 2.37. The molecule has 192 valence electrons. The van der Waals surface area contributed by atoms with E-state index in [1.807, 2.05) is 24.3 Å². The molecule has 1 atom stereocenters. The van der Waals surface area contributed by atoms with Crippen molar-refractivity contribution in [2.45, 2.75) is 103 Å². The van der Waals surface area contributed by atoms with Gasteiger partial charge in [-0.25, -0.2) is 0 Å². The maximum absolute atomic E-state index is 12.3. The van der Waals surface area contributed by atoms with Crippen LogP contribution < -0.4 is 9.47 Å². The van der Waals surface area contributed by atoms with E-state index in [9.17, 15) is 9.59 Å².